The van der Waals surface area contributed by atoms with Crippen LogP contribution in [0.25, 0.3) is 0 Å². The Morgan fingerprint density at radius 1 is 1.31 bits per heavy atom. The molecule has 2 heterocycles. The van der Waals surface area contributed by atoms with Crippen LogP contribution in [0.3, 0.4) is 0 Å². The number of carbonyl (C=O) groups excluding carboxylic acids is 2. The lowest BCUT2D eigenvalue weighted by molar-refractivity contribution is -0.113. The summed E-state index contributed by atoms with van der Waals surface area (Å²) in [6.45, 7) is 7.44. The molecule has 0 fully saturated rings. The number of hydrogen-bond acceptors (Lipinski definition) is 10. The van der Waals surface area contributed by atoms with Crippen molar-refractivity contribution in [3.8, 4) is 0 Å². The summed E-state index contributed by atoms with van der Waals surface area (Å²) in [4.78, 5) is 24.8. The molecule has 0 spiro atoms. The molecule has 0 unspecified atom stereocenters. The zero-order valence-corrected chi connectivity index (χ0v) is 19.4. The van der Waals surface area contributed by atoms with E-state index in [0.717, 1.165) is 12.0 Å². The summed E-state index contributed by atoms with van der Waals surface area (Å²) in [6.07, 6.45) is 0.749. The second kappa shape index (κ2) is 12.1. The van der Waals surface area contributed by atoms with E-state index in [-0.39, 0.29) is 18.3 Å². The quantitative estimate of drug-likeness (QED) is 0.282. The van der Waals surface area contributed by atoms with Crippen LogP contribution >= 0.6 is 34.4 Å². The molecule has 0 atom stereocenters. The number of anilines is 2. The van der Waals surface area contributed by atoms with Crippen molar-refractivity contribution in [2.24, 2.45) is 5.92 Å². The fourth-order valence-corrected chi connectivity index (χ4v) is 4.95. The average Bonchev–Trinajstić information content (AvgIpc) is 3.27. The van der Waals surface area contributed by atoms with Crippen LogP contribution < -0.4 is 10.6 Å². The van der Waals surface area contributed by atoms with E-state index >= 15 is 0 Å². The highest BCUT2D eigenvalue weighted by atomic mass is 32.2. The summed E-state index contributed by atoms with van der Waals surface area (Å²) in [7, 11) is 1.63. The molecular formula is C18H26N4O4S3. The molecule has 0 saturated carbocycles. The van der Waals surface area contributed by atoms with E-state index < -0.39 is 5.97 Å². The van der Waals surface area contributed by atoms with Crippen molar-refractivity contribution in [1.82, 2.24) is 10.2 Å². The fourth-order valence-electron chi connectivity index (χ4n) is 2.39. The highest BCUT2D eigenvalue weighted by Gasteiger charge is 2.22. The Kier molecular flexibility index (Phi) is 9.85. The zero-order valence-electron chi connectivity index (χ0n) is 16.9. The number of methoxy groups -OCH3 is 1. The third kappa shape index (κ3) is 7.57. The molecule has 0 aliphatic rings. The van der Waals surface area contributed by atoms with Crippen LogP contribution in [0.4, 0.5) is 10.1 Å². The van der Waals surface area contributed by atoms with Gasteiger partial charge >= 0.3 is 5.97 Å². The summed E-state index contributed by atoms with van der Waals surface area (Å²) in [5, 5.41) is 17.2. The van der Waals surface area contributed by atoms with Gasteiger partial charge in [-0.2, -0.15) is 0 Å². The molecule has 160 valence electrons. The maximum absolute atomic E-state index is 12.4. The molecule has 2 N–H and O–H groups in total. The average molecular weight is 459 g/mol. The van der Waals surface area contributed by atoms with E-state index in [1.807, 2.05) is 5.38 Å². The van der Waals surface area contributed by atoms with Gasteiger partial charge in [-0.3, -0.25) is 4.79 Å². The number of thiophene rings is 1. The van der Waals surface area contributed by atoms with E-state index in [9.17, 15) is 9.59 Å². The molecule has 0 aromatic carbocycles. The summed E-state index contributed by atoms with van der Waals surface area (Å²) in [5.41, 5.74) is 1.37. The van der Waals surface area contributed by atoms with Crippen LogP contribution in [0.5, 0.6) is 0 Å². The van der Waals surface area contributed by atoms with Crippen molar-refractivity contribution in [1.29, 1.82) is 0 Å². The molecule has 1 amide bonds. The number of aromatic nitrogens is 2. The first-order valence-electron chi connectivity index (χ1n) is 9.21. The standard InChI is InChI=1S/C18H26N4O4S3/c1-5-26-16(24)14-12(8-11(2)3)9-27-15(14)20-13(23)10-28-18-22-21-17(29-18)19-6-7-25-4/h9,11H,5-8,10H2,1-4H3,(H,19,21)(H,20,23). The van der Waals surface area contributed by atoms with Crippen LogP contribution in [-0.2, 0) is 20.7 Å². The number of carbonyl (C=O) groups is 2. The Morgan fingerprint density at radius 2 is 2.10 bits per heavy atom. The van der Waals surface area contributed by atoms with E-state index in [0.29, 0.717) is 39.1 Å². The maximum atomic E-state index is 12.4. The maximum Gasteiger partial charge on any atom is 0.341 e. The van der Waals surface area contributed by atoms with Gasteiger partial charge in [-0.05, 0) is 30.2 Å². The van der Waals surface area contributed by atoms with Crippen molar-refractivity contribution >= 4 is 56.4 Å². The van der Waals surface area contributed by atoms with Gasteiger partial charge in [-0.25, -0.2) is 4.79 Å². The van der Waals surface area contributed by atoms with Gasteiger partial charge in [0.15, 0.2) is 4.34 Å². The molecule has 0 bridgehead atoms. The van der Waals surface area contributed by atoms with E-state index in [1.165, 1.54) is 34.4 Å². The second-order valence-electron chi connectivity index (χ2n) is 6.41. The van der Waals surface area contributed by atoms with Gasteiger partial charge in [-0.15, -0.1) is 21.5 Å². The minimum atomic E-state index is -0.400. The highest BCUT2D eigenvalue weighted by Crippen LogP contribution is 2.31. The number of amides is 1. The lowest BCUT2D eigenvalue weighted by Crippen LogP contribution is -2.17. The van der Waals surface area contributed by atoms with Crippen LogP contribution in [-0.4, -0.2) is 54.7 Å². The lowest BCUT2D eigenvalue weighted by Gasteiger charge is -2.09. The summed E-state index contributed by atoms with van der Waals surface area (Å²) in [5.74, 6) is -0.0429. The Balaban J connectivity index is 1.96. The lowest BCUT2D eigenvalue weighted by atomic mass is 10.0. The first-order chi connectivity index (χ1) is 13.9. The zero-order chi connectivity index (χ0) is 21.2. The van der Waals surface area contributed by atoms with Crippen molar-refractivity contribution in [3.63, 3.8) is 0 Å². The topological polar surface area (TPSA) is 102 Å². The molecule has 8 nitrogen and oxygen atoms in total. The minimum absolute atomic E-state index is 0.173. The van der Waals surface area contributed by atoms with Gasteiger partial charge in [0.2, 0.25) is 11.0 Å². The molecular weight excluding hydrogens is 432 g/mol. The van der Waals surface area contributed by atoms with E-state index in [1.54, 1.807) is 14.0 Å². The van der Waals surface area contributed by atoms with Crippen molar-refractivity contribution in [2.75, 3.05) is 43.3 Å². The fraction of sp³-hybridized carbons (Fsp3) is 0.556. The van der Waals surface area contributed by atoms with Crippen LogP contribution in [0, 0.1) is 5.92 Å². The molecule has 2 rings (SSSR count). The van der Waals surface area contributed by atoms with Crippen molar-refractivity contribution in [2.45, 2.75) is 31.5 Å². The van der Waals surface area contributed by atoms with Gasteiger partial charge in [0, 0.05) is 13.7 Å². The minimum Gasteiger partial charge on any atom is -0.462 e. The molecule has 29 heavy (non-hydrogen) atoms. The van der Waals surface area contributed by atoms with E-state index in [4.69, 9.17) is 9.47 Å². The highest BCUT2D eigenvalue weighted by molar-refractivity contribution is 8.01. The molecule has 2 aromatic heterocycles. The Labute approximate surface area is 182 Å². The van der Waals surface area contributed by atoms with Crippen molar-refractivity contribution < 1.29 is 19.1 Å². The number of ether oxygens (including phenoxy) is 2. The molecule has 0 radical (unpaired) electrons. The number of thioether (sulfide) groups is 1. The molecule has 0 saturated heterocycles. The molecule has 2 aromatic rings. The summed E-state index contributed by atoms with van der Waals surface area (Å²) >= 11 is 4.03. The number of nitrogens with zero attached hydrogens (tertiary/aromatic N) is 2. The van der Waals surface area contributed by atoms with Crippen LogP contribution in [0.1, 0.15) is 36.7 Å². The van der Waals surface area contributed by atoms with Crippen LogP contribution in [0.15, 0.2) is 9.72 Å². The third-order valence-electron chi connectivity index (χ3n) is 3.54. The number of hydrogen-bond donors (Lipinski definition) is 2. The number of rotatable bonds is 12. The Bertz CT molecular complexity index is 807. The SMILES string of the molecule is CCOC(=O)c1c(CC(C)C)csc1NC(=O)CSc1nnc(NCCOC)s1. The second-order valence-corrected chi connectivity index (χ2v) is 9.49. The molecule has 0 aliphatic carbocycles. The largest absolute Gasteiger partial charge is 0.462 e. The predicted molar refractivity (Wildman–Crippen MR) is 118 cm³/mol. The first-order valence-corrected chi connectivity index (χ1v) is 11.9. The smallest absolute Gasteiger partial charge is 0.341 e. The summed E-state index contributed by atoms with van der Waals surface area (Å²) in [6, 6.07) is 0. The number of nitrogens with one attached hydrogen (secondary N) is 2. The normalized spacial score (nSPS) is 10.9. The number of esters is 1. The molecule has 11 heteroatoms. The van der Waals surface area contributed by atoms with Gasteiger partial charge in [0.05, 0.1) is 24.5 Å². The third-order valence-corrected chi connectivity index (χ3v) is 6.50. The first kappa shape index (κ1) is 23.6. The Morgan fingerprint density at radius 3 is 2.79 bits per heavy atom. The van der Waals surface area contributed by atoms with Gasteiger partial charge in [-0.1, -0.05) is 36.9 Å². The van der Waals surface area contributed by atoms with Gasteiger partial charge in [0.1, 0.15) is 5.00 Å². The van der Waals surface area contributed by atoms with E-state index in [2.05, 4.69) is 34.7 Å². The van der Waals surface area contributed by atoms with Crippen LogP contribution in [0.2, 0.25) is 0 Å². The summed E-state index contributed by atoms with van der Waals surface area (Å²) < 4.78 is 10.8. The Hall–Kier alpha value is -1.69. The predicted octanol–water partition coefficient (Wildman–Crippen LogP) is 3.76. The monoisotopic (exact) mass is 458 g/mol. The molecule has 0 aliphatic heterocycles. The van der Waals surface area contributed by atoms with Gasteiger partial charge < -0.3 is 20.1 Å². The van der Waals surface area contributed by atoms with Crippen molar-refractivity contribution in [3.05, 3.63) is 16.5 Å². The van der Waals surface area contributed by atoms with Gasteiger partial charge in [0.25, 0.3) is 0 Å².